The number of carbonyl (C=O) groups is 1. The first-order valence-electron chi connectivity index (χ1n) is 9.32. The van der Waals surface area contributed by atoms with E-state index in [1.54, 1.807) is 48.5 Å². The second-order valence-electron chi connectivity index (χ2n) is 6.82. The van der Waals surface area contributed by atoms with Gasteiger partial charge in [-0.25, -0.2) is 12.8 Å². The molecule has 0 atom stereocenters. The maximum atomic E-state index is 13.2. The van der Waals surface area contributed by atoms with Crippen LogP contribution in [-0.4, -0.2) is 27.2 Å². The molecule has 0 aliphatic carbocycles. The maximum Gasteiger partial charge on any atom is 0.262 e. The molecule has 0 bridgehead atoms. The van der Waals surface area contributed by atoms with Crippen LogP contribution in [0, 0.1) is 5.82 Å². The number of carbonyl (C=O) groups excluding carboxylic acids is 1. The maximum absolute atomic E-state index is 13.2. The van der Waals surface area contributed by atoms with Crippen LogP contribution in [0.1, 0.15) is 5.56 Å². The fraction of sp³-hybridized carbons (Fsp3) is 0.136. The van der Waals surface area contributed by atoms with Crippen molar-refractivity contribution in [2.75, 3.05) is 22.5 Å². The number of anilines is 2. The van der Waals surface area contributed by atoms with Crippen molar-refractivity contribution >= 4 is 50.5 Å². The standard InChI is InChI=1S/C22H19Cl2FN2O4S/c1-32(29,30)27(13-15-4-2-3-5-19(15)23)17-7-9-18(10-8-17)31-14-22(28)26-16-6-11-21(25)20(24)12-16/h2-12H,13-14H2,1H3,(H,26,28). The minimum absolute atomic E-state index is 0.0708. The van der Waals surface area contributed by atoms with Crippen molar-refractivity contribution in [1.82, 2.24) is 0 Å². The van der Waals surface area contributed by atoms with Crippen molar-refractivity contribution in [3.05, 3.63) is 88.2 Å². The zero-order valence-electron chi connectivity index (χ0n) is 16.9. The van der Waals surface area contributed by atoms with Crippen LogP contribution in [0.3, 0.4) is 0 Å². The van der Waals surface area contributed by atoms with Gasteiger partial charge in [0, 0.05) is 10.7 Å². The van der Waals surface area contributed by atoms with Gasteiger partial charge in [0.1, 0.15) is 11.6 Å². The van der Waals surface area contributed by atoms with Crippen LogP contribution in [0.2, 0.25) is 10.0 Å². The number of nitrogens with one attached hydrogen (secondary N) is 1. The highest BCUT2D eigenvalue weighted by molar-refractivity contribution is 7.92. The number of amides is 1. The predicted molar refractivity (Wildman–Crippen MR) is 124 cm³/mol. The van der Waals surface area contributed by atoms with E-state index in [-0.39, 0.29) is 18.2 Å². The highest BCUT2D eigenvalue weighted by atomic mass is 35.5. The summed E-state index contributed by atoms with van der Waals surface area (Å²) in [7, 11) is -3.58. The number of hydrogen-bond acceptors (Lipinski definition) is 4. The molecule has 3 aromatic rings. The quantitative estimate of drug-likeness (QED) is 0.469. The summed E-state index contributed by atoms with van der Waals surface area (Å²) < 4.78 is 44.5. The Morgan fingerprint density at radius 1 is 1.03 bits per heavy atom. The van der Waals surface area contributed by atoms with E-state index in [9.17, 15) is 17.6 Å². The smallest absolute Gasteiger partial charge is 0.262 e. The lowest BCUT2D eigenvalue weighted by Crippen LogP contribution is -2.29. The highest BCUT2D eigenvalue weighted by Gasteiger charge is 2.19. The van der Waals surface area contributed by atoms with Crippen molar-refractivity contribution in [3.63, 3.8) is 0 Å². The normalized spacial score (nSPS) is 11.1. The van der Waals surface area contributed by atoms with Gasteiger partial charge >= 0.3 is 0 Å². The summed E-state index contributed by atoms with van der Waals surface area (Å²) in [6.07, 6.45) is 1.11. The molecule has 6 nitrogen and oxygen atoms in total. The second kappa shape index (κ2) is 10.2. The number of hydrogen-bond donors (Lipinski definition) is 1. The molecule has 1 amide bonds. The third-order valence-corrected chi connectivity index (χ3v) is 6.17. The van der Waals surface area contributed by atoms with Crippen LogP contribution in [-0.2, 0) is 21.4 Å². The fourth-order valence-corrected chi connectivity index (χ4v) is 4.06. The fourth-order valence-electron chi connectivity index (χ4n) is 2.81. The first kappa shape index (κ1) is 23.8. The number of halogens is 3. The Balaban J connectivity index is 1.65. The topological polar surface area (TPSA) is 75.7 Å². The largest absolute Gasteiger partial charge is 0.484 e. The minimum Gasteiger partial charge on any atom is -0.484 e. The zero-order valence-corrected chi connectivity index (χ0v) is 19.2. The molecule has 0 saturated heterocycles. The van der Waals surface area contributed by atoms with Crippen molar-refractivity contribution in [3.8, 4) is 5.75 Å². The Hall–Kier alpha value is -2.81. The van der Waals surface area contributed by atoms with Gasteiger partial charge in [-0.2, -0.15) is 0 Å². The second-order valence-corrected chi connectivity index (χ2v) is 9.54. The van der Waals surface area contributed by atoms with Gasteiger partial charge in [-0.1, -0.05) is 41.4 Å². The van der Waals surface area contributed by atoms with Gasteiger partial charge in [-0.3, -0.25) is 9.10 Å². The molecule has 0 heterocycles. The van der Waals surface area contributed by atoms with Gasteiger partial charge < -0.3 is 10.1 Å². The molecule has 32 heavy (non-hydrogen) atoms. The van der Waals surface area contributed by atoms with E-state index in [1.807, 2.05) is 0 Å². The number of nitrogens with zero attached hydrogens (tertiary/aromatic N) is 1. The molecule has 0 aliphatic rings. The number of sulfonamides is 1. The van der Waals surface area contributed by atoms with Crippen molar-refractivity contribution in [2.45, 2.75) is 6.54 Å². The summed E-state index contributed by atoms with van der Waals surface area (Å²) in [6.45, 7) is -0.231. The van der Waals surface area contributed by atoms with Gasteiger partial charge in [0.25, 0.3) is 5.91 Å². The van der Waals surface area contributed by atoms with Gasteiger partial charge in [0.05, 0.1) is 23.5 Å². The summed E-state index contributed by atoms with van der Waals surface area (Å²) >= 11 is 11.9. The lowest BCUT2D eigenvalue weighted by atomic mass is 10.2. The Labute approximate surface area is 195 Å². The average molecular weight is 497 g/mol. The van der Waals surface area contributed by atoms with Crippen molar-refractivity contribution in [1.29, 1.82) is 0 Å². The van der Waals surface area contributed by atoms with Crippen LogP contribution >= 0.6 is 23.2 Å². The highest BCUT2D eigenvalue weighted by Crippen LogP contribution is 2.26. The third kappa shape index (κ3) is 6.35. The Morgan fingerprint density at radius 3 is 2.34 bits per heavy atom. The van der Waals surface area contributed by atoms with Gasteiger partial charge in [-0.15, -0.1) is 0 Å². The molecule has 0 unspecified atom stereocenters. The monoisotopic (exact) mass is 496 g/mol. The van der Waals surface area contributed by atoms with E-state index in [2.05, 4.69) is 5.32 Å². The summed E-state index contributed by atoms with van der Waals surface area (Å²) in [5.41, 5.74) is 1.42. The molecule has 0 spiro atoms. The van der Waals surface area contributed by atoms with E-state index in [1.165, 1.54) is 16.4 Å². The van der Waals surface area contributed by atoms with Crippen molar-refractivity contribution in [2.24, 2.45) is 0 Å². The number of benzene rings is 3. The van der Waals surface area contributed by atoms with E-state index < -0.39 is 21.7 Å². The molecular weight excluding hydrogens is 478 g/mol. The summed E-state index contributed by atoms with van der Waals surface area (Å²) in [5.74, 6) is -0.681. The Kier molecular flexibility index (Phi) is 7.60. The lowest BCUT2D eigenvalue weighted by Gasteiger charge is -2.23. The lowest BCUT2D eigenvalue weighted by molar-refractivity contribution is -0.118. The predicted octanol–water partition coefficient (Wildman–Crippen LogP) is 5.12. The molecule has 168 valence electrons. The average Bonchev–Trinajstić information content (AvgIpc) is 2.74. The minimum atomic E-state index is -3.58. The number of rotatable bonds is 8. The molecular formula is C22H19Cl2FN2O4S. The molecule has 0 radical (unpaired) electrons. The molecule has 10 heteroatoms. The molecule has 0 aliphatic heterocycles. The van der Waals surface area contributed by atoms with Gasteiger partial charge in [0.2, 0.25) is 10.0 Å². The molecule has 3 aromatic carbocycles. The van der Waals surface area contributed by atoms with Crippen LogP contribution in [0.5, 0.6) is 5.75 Å². The van der Waals surface area contributed by atoms with Crippen molar-refractivity contribution < 1.29 is 22.3 Å². The summed E-state index contributed by atoms with van der Waals surface area (Å²) in [4.78, 5) is 12.1. The van der Waals surface area contributed by atoms with Crippen LogP contribution in [0.15, 0.2) is 66.7 Å². The number of ether oxygens (including phenoxy) is 1. The molecule has 0 saturated carbocycles. The summed E-state index contributed by atoms with van der Waals surface area (Å²) in [5, 5.41) is 2.91. The first-order chi connectivity index (χ1) is 15.1. The molecule has 1 N–H and O–H groups in total. The van der Waals surface area contributed by atoms with E-state index in [0.717, 1.165) is 12.3 Å². The van der Waals surface area contributed by atoms with E-state index in [4.69, 9.17) is 27.9 Å². The van der Waals surface area contributed by atoms with Gasteiger partial charge in [0.15, 0.2) is 6.61 Å². The SMILES string of the molecule is CS(=O)(=O)N(Cc1ccccc1Cl)c1ccc(OCC(=O)Nc2ccc(F)c(Cl)c2)cc1. The third-order valence-electron chi connectivity index (χ3n) is 4.37. The van der Waals surface area contributed by atoms with E-state index >= 15 is 0 Å². The van der Waals surface area contributed by atoms with Crippen LogP contribution in [0.4, 0.5) is 15.8 Å². The first-order valence-corrected chi connectivity index (χ1v) is 11.9. The van der Waals surface area contributed by atoms with E-state index in [0.29, 0.717) is 27.7 Å². The van der Waals surface area contributed by atoms with Crippen LogP contribution < -0.4 is 14.4 Å². The summed E-state index contributed by atoms with van der Waals surface area (Å²) in [6, 6.07) is 17.1. The zero-order chi connectivity index (χ0) is 23.3. The molecule has 3 rings (SSSR count). The Bertz CT molecular complexity index is 1220. The Morgan fingerprint density at radius 2 is 1.72 bits per heavy atom. The molecule has 0 aromatic heterocycles. The van der Waals surface area contributed by atoms with Gasteiger partial charge in [-0.05, 0) is 54.1 Å². The molecule has 0 fully saturated rings. The van der Waals surface area contributed by atoms with Crippen LogP contribution in [0.25, 0.3) is 0 Å².